The molecule has 0 aromatic heterocycles. The Labute approximate surface area is 149 Å². The Bertz CT molecular complexity index is 526. The van der Waals surface area contributed by atoms with E-state index in [1.54, 1.807) is 0 Å². The van der Waals surface area contributed by atoms with Crippen molar-refractivity contribution in [2.75, 3.05) is 19.6 Å². The van der Waals surface area contributed by atoms with Gasteiger partial charge in [-0.1, -0.05) is 0 Å². The fourth-order valence-electron chi connectivity index (χ4n) is 1.82. The predicted molar refractivity (Wildman–Crippen MR) is 88.7 cm³/mol. The van der Waals surface area contributed by atoms with Crippen LogP contribution in [0.15, 0.2) is 0 Å². The predicted octanol–water partition coefficient (Wildman–Crippen LogP) is -3.28. The molecule has 0 saturated heterocycles. The molecule has 0 heterocycles. The summed E-state index contributed by atoms with van der Waals surface area (Å²) >= 11 is 0. The third-order valence-corrected chi connectivity index (χ3v) is 3.18. The van der Waals surface area contributed by atoms with E-state index in [1.807, 2.05) is 0 Å². The molecule has 0 saturated carbocycles. The van der Waals surface area contributed by atoms with Crippen molar-refractivity contribution < 1.29 is 34.2 Å². The van der Waals surface area contributed by atoms with E-state index in [9.17, 15) is 24.0 Å². The maximum absolute atomic E-state index is 11.7. The Morgan fingerprint density at radius 2 is 1.54 bits per heavy atom. The number of hydrogen-bond donors (Lipinski definition) is 7. The second-order valence-electron chi connectivity index (χ2n) is 5.44. The third-order valence-electron chi connectivity index (χ3n) is 3.18. The lowest BCUT2D eigenvalue weighted by molar-refractivity contribution is -0.142. The van der Waals surface area contributed by atoms with Gasteiger partial charge in [0.15, 0.2) is 0 Å². The van der Waals surface area contributed by atoms with Gasteiger partial charge in [-0.15, -0.1) is 0 Å². The Balaban J connectivity index is 4.16. The Morgan fingerprint density at radius 1 is 0.923 bits per heavy atom. The first kappa shape index (κ1) is 23.3. The largest absolute Gasteiger partial charge is 0.481 e. The molecule has 0 aliphatic rings. The second kappa shape index (κ2) is 12.6. The first-order valence-electron chi connectivity index (χ1n) is 7.91. The molecule has 0 aliphatic carbocycles. The van der Waals surface area contributed by atoms with Crippen molar-refractivity contribution in [1.29, 1.82) is 0 Å². The van der Waals surface area contributed by atoms with Gasteiger partial charge in [0.05, 0.1) is 25.6 Å². The van der Waals surface area contributed by atoms with Crippen LogP contribution in [0.3, 0.4) is 0 Å². The van der Waals surface area contributed by atoms with Gasteiger partial charge in [-0.25, -0.2) is 4.79 Å². The van der Waals surface area contributed by atoms with E-state index in [1.165, 1.54) is 0 Å². The zero-order valence-electron chi connectivity index (χ0n) is 14.2. The molecule has 0 radical (unpaired) electrons. The molecule has 0 aromatic rings. The molecule has 0 aromatic carbocycles. The molecule has 12 heteroatoms. The zero-order valence-corrected chi connectivity index (χ0v) is 14.2. The maximum Gasteiger partial charge on any atom is 0.326 e. The van der Waals surface area contributed by atoms with Crippen molar-refractivity contribution in [1.82, 2.24) is 16.0 Å². The molecule has 0 aliphatic heterocycles. The normalized spacial score (nSPS) is 12.5. The van der Waals surface area contributed by atoms with Crippen LogP contribution >= 0.6 is 0 Å². The standard InChI is InChI=1S/C14H25N5O7/c15-4-2-1-3-9(14(25)26)19-11(21)7-17-10(20)6-18-13(24)8(16)5-12(22)23/h8-9H,1-7,15-16H2,(H,17,20)(H,18,24)(H,19,21)(H,22,23)(H,25,26). The quantitative estimate of drug-likeness (QED) is 0.160. The number of carbonyl (C=O) groups excluding carboxylic acids is 3. The molecular weight excluding hydrogens is 350 g/mol. The zero-order chi connectivity index (χ0) is 20.1. The number of nitrogens with one attached hydrogen (secondary N) is 3. The average Bonchev–Trinajstić information content (AvgIpc) is 2.56. The first-order valence-corrected chi connectivity index (χ1v) is 7.91. The van der Waals surface area contributed by atoms with Crippen molar-refractivity contribution in [2.24, 2.45) is 11.5 Å². The molecule has 0 rings (SSSR count). The van der Waals surface area contributed by atoms with Crippen LogP contribution in [0.5, 0.6) is 0 Å². The van der Waals surface area contributed by atoms with Gasteiger partial charge in [0.1, 0.15) is 6.04 Å². The van der Waals surface area contributed by atoms with Crippen molar-refractivity contribution in [2.45, 2.75) is 37.8 Å². The first-order chi connectivity index (χ1) is 12.2. The topological polar surface area (TPSA) is 214 Å². The number of aliphatic carboxylic acids is 2. The number of carboxylic acids is 2. The summed E-state index contributed by atoms with van der Waals surface area (Å²) in [7, 11) is 0. The summed E-state index contributed by atoms with van der Waals surface area (Å²) in [6.45, 7) is -0.562. The van der Waals surface area contributed by atoms with Crippen LogP contribution in [0, 0.1) is 0 Å². The molecule has 2 unspecified atom stereocenters. The van der Waals surface area contributed by atoms with Crippen molar-refractivity contribution in [3.63, 3.8) is 0 Å². The van der Waals surface area contributed by atoms with Crippen molar-refractivity contribution in [3.05, 3.63) is 0 Å². The number of carboxylic acid groups (broad SMARTS) is 2. The summed E-state index contributed by atoms with van der Waals surface area (Å²) in [5.41, 5.74) is 10.6. The second-order valence-corrected chi connectivity index (χ2v) is 5.44. The molecular formula is C14H25N5O7. The number of hydrogen-bond acceptors (Lipinski definition) is 7. The summed E-state index contributed by atoms with van der Waals surface area (Å²) < 4.78 is 0. The molecule has 0 bridgehead atoms. The Hall–Kier alpha value is -2.73. The van der Waals surface area contributed by atoms with Gasteiger partial charge in [0.2, 0.25) is 17.7 Å². The highest BCUT2D eigenvalue weighted by Crippen LogP contribution is 2.00. The SMILES string of the molecule is NCCCCC(NC(=O)CNC(=O)CNC(=O)C(N)CC(=O)O)C(=O)O. The lowest BCUT2D eigenvalue weighted by Gasteiger charge is -2.15. The molecule has 148 valence electrons. The van der Waals surface area contributed by atoms with E-state index in [2.05, 4.69) is 16.0 Å². The van der Waals surface area contributed by atoms with E-state index in [0.29, 0.717) is 19.4 Å². The highest BCUT2D eigenvalue weighted by molar-refractivity contribution is 5.91. The van der Waals surface area contributed by atoms with E-state index in [-0.39, 0.29) is 6.42 Å². The number of rotatable bonds is 13. The average molecular weight is 375 g/mol. The minimum absolute atomic E-state index is 0.212. The van der Waals surface area contributed by atoms with Gasteiger partial charge in [-0.2, -0.15) is 0 Å². The van der Waals surface area contributed by atoms with E-state index in [4.69, 9.17) is 21.7 Å². The summed E-state index contributed by atoms with van der Waals surface area (Å²) in [6, 6.07) is -2.38. The van der Waals surface area contributed by atoms with Crippen LogP contribution in [-0.2, 0) is 24.0 Å². The smallest absolute Gasteiger partial charge is 0.326 e. The highest BCUT2D eigenvalue weighted by atomic mass is 16.4. The molecule has 2 atom stereocenters. The lowest BCUT2D eigenvalue weighted by atomic mass is 10.1. The Kier molecular flexibility index (Phi) is 11.3. The van der Waals surface area contributed by atoms with Crippen molar-refractivity contribution in [3.8, 4) is 0 Å². The number of unbranched alkanes of at least 4 members (excludes halogenated alkanes) is 1. The molecule has 12 nitrogen and oxygen atoms in total. The molecule has 3 amide bonds. The molecule has 0 fully saturated rings. The van der Waals surface area contributed by atoms with Crippen LogP contribution in [0.25, 0.3) is 0 Å². The van der Waals surface area contributed by atoms with E-state index >= 15 is 0 Å². The highest BCUT2D eigenvalue weighted by Gasteiger charge is 2.20. The summed E-state index contributed by atoms with van der Waals surface area (Å²) in [6.07, 6.45) is 0.781. The van der Waals surface area contributed by atoms with Gasteiger partial charge in [0, 0.05) is 0 Å². The molecule has 0 spiro atoms. The van der Waals surface area contributed by atoms with Crippen LogP contribution in [-0.4, -0.2) is 71.6 Å². The number of amides is 3. The summed E-state index contributed by atoms with van der Waals surface area (Å²) in [4.78, 5) is 56.1. The van der Waals surface area contributed by atoms with Gasteiger partial charge in [-0.3, -0.25) is 19.2 Å². The fourth-order valence-corrected chi connectivity index (χ4v) is 1.82. The molecule has 26 heavy (non-hydrogen) atoms. The summed E-state index contributed by atoms with van der Waals surface area (Å²) in [5.74, 6) is -4.69. The van der Waals surface area contributed by atoms with Crippen LogP contribution < -0.4 is 27.4 Å². The van der Waals surface area contributed by atoms with E-state index in [0.717, 1.165) is 0 Å². The number of carbonyl (C=O) groups is 5. The lowest BCUT2D eigenvalue weighted by Crippen LogP contribution is -2.48. The van der Waals surface area contributed by atoms with Gasteiger partial charge in [-0.05, 0) is 25.8 Å². The van der Waals surface area contributed by atoms with Crippen LogP contribution in [0.4, 0.5) is 0 Å². The monoisotopic (exact) mass is 375 g/mol. The van der Waals surface area contributed by atoms with Gasteiger partial charge in [0.25, 0.3) is 0 Å². The third kappa shape index (κ3) is 10.9. The van der Waals surface area contributed by atoms with Gasteiger partial charge >= 0.3 is 11.9 Å². The summed E-state index contributed by atoms with van der Waals surface area (Å²) in [5, 5.41) is 24.1. The minimum Gasteiger partial charge on any atom is -0.481 e. The number of nitrogens with two attached hydrogens (primary N) is 2. The maximum atomic E-state index is 11.7. The minimum atomic E-state index is -1.30. The molecule has 9 N–H and O–H groups in total. The fraction of sp³-hybridized carbons (Fsp3) is 0.643. The Morgan fingerprint density at radius 3 is 2.08 bits per heavy atom. The van der Waals surface area contributed by atoms with Crippen LogP contribution in [0.1, 0.15) is 25.7 Å². The van der Waals surface area contributed by atoms with Crippen LogP contribution in [0.2, 0.25) is 0 Å². The van der Waals surface area contributed by atoms with E-state index < -0.39 is 61.3 Å². The van der Waals surface area contributed by atoms with Gasteiger partial charge < -0.3 is 37.6 Å². The van der Waals surface area contributed by atoms with Crippen molar-refractivity contribution >= 4 is 29.7 Å².